The summed E-state index contributed by atoms with van der Waals surface area (Å²) in [7, 11) is 0. The van der Waals surface area contributed by atoms with Crippen molar-refractivity contribution in [3.63, 3.8) is 0 Å². The summed E-state index contributed by atoms with van der Waals surface area (Å²) in [6.07, 6.45) is 5.74. The van der Waals surface area contributed by atoms with Crippen LogP contribution in [-0.2, 0) is 32.1 Å². The van der Waals surface area contributed by atoms with Crippen LogP contribution in [0.1, 0.15) is 42.4 Å². The van der Waals surface area contributed by atoms with Gasteiger partial charge >= 0.3 is 5.97 Å². The predicted molar refractivity (Wildman–Crippen MR) is 112 cm³/mol. The second-order valence-electron chi connectivity index (χ2n) is 7.66. The van der Waals surface area contributed by atoms with Crippen LogP contribution in [0.5, 0.6) is 5.75 Å². The van der Waals surface area contributed by atoms with Crippen molar-refractivity contribution in [3.05, 3.63) is 71.3 Å². The first kappa shape index (κ1) is 20.6. The van der Waals surface area contributed by atoms with E-state index in [0.29, 0.717) is 26.2 Å². The summed E-state index contributed by atoms with van der Waals surface area (Å²) in [4.78, 5) is 15.3. The molecule has 0 radical (unpaired) electrons. The van der Waals surface area contributed by atoms with Gasteiger partial charge in [0.1, 0.15) is 12.4 Å². The third-order valence-corrected chi connectivity index (χ3v) is 5.62. The highest BCUT2D eigenvalue weighted by atomic mass is 16.7. The van der Waals surface area contributed by atoms with E-state index in [0.717, 1.165) is 36.1 Å². The van der Waals surface area contributed by atoms with E-state index in [9.17, 15) is 4.79 Å². The molecule has 1 heterocycles. The van der Waals surface area contributed by atoms with Crippen LogP contribution in [0.15, 0.2) is 54.6 Å². The summed E-state index contributed by atoms with van der Waals surface area (Å²) < 4.78 is 17.5. The van der Waals surface area contributed by atoms with E-state index in [-0.39, 0.29) is 12.2 Å². The van der Waals surface area contributed by atoms with Gasteiger partial charge in [0.25, 0.3) is 0 Å². The van der Waals surface area contributed by atoms with E-state index in [1.807, 2.05) is 24.3 Å². The number of hydrogen-bond acceptors (Lipinski definition) is 6. The van der Waals surface area contributed by atoms with Crippen molar-refractivity contribution in [1.82, 2.24) is 0 Å². The molecule has 1 spiro atoms. The summed E-state index contributed by atoms with van der Waals surface area (Å²) in [5.41, 5.74) is 4.72. The van der Waals surface area contributed by atoms with Crippen LogP contribution in [0.4, 0.5) is 0 Å². The molecule has 1 saturated heterocycles. The topological polar surface area (TPSA) is 80.0 Å². The van der Waals surface area contributed by atoms with Crippen molar-refractivity contribution < 1.29 is 23.8 Å². The Bertz CT molecular complexity index is 900. The molecule has 1 fully saturated rings. The molecule has 0 amide bonds. The number of hydrogen-bond donors (Lipinski definition) is 1. The molecular weight excluding hydrogens is 382 g/mol. The molecule has 2 aromatic carbocycles. The van der Waals surface area contributed by atoms with Crippen molar-refractivity contribution in [2.75, 3.05) is 13.2 Å². The number of rotatable bonds is 7. The van der Waals surface area contributed by atoms with Crippen LogP contribution in [0.3, 0.4) is 0 Å². The molecule has 4 rings (SSSR count). The summed E-state index contributed by atoms with van der Waals surface area (Å²) in [6.45, 7) is 1.88. The van der Waals surface area contributed by atoms with Gasteiger partial charge in [0.05, 0.1) is 19.6 Å². The maximum Gasteiger partial charge on any atom is 0.324 e. The lowest BCUT2D eigenvalue weighted by Crippen LogP contribution is -2.31. The Labute approximate surface area is 176 Å². The van der Waals surface area contributed by atoms with Gasteiger partial charge in [0.15, 0.2) is 5.79 Å². The number of allylic oxidation sites excluding steroid dienone is 1. The minimum atomic E-state index is -0.415. The van der Waals surface area contributed by atoms with E-state index < -0.39 is 5.97 Å². The Morgan fingerprint density at radius 2 is 1.87 bits per heavy atom. The highest BCUT2D eigenvalue weighted by Gasteiger charge is 2.37. The molecular formula is C24H27NO5. The van der Waals surface area contributed by atoms with Crippen molar-refractivity contribution >= 4 is 11.5 Å². The highest BCUT2D eigenvalue weighted by molar-refractivity contribution is 5.69. The normalized spacial score (nSPS) is 17.6. The van der Waals surface area contributed by atoms with Crippen molar-refractivity contribution in [3.8, 4) is 5.75 Å². The molecule has 0 bridgehead atoms. The first-order valence-electron chi connectivity index (χ1n) is 10.3. The second-order valence-corrected chi connectivity index (χ2v) is 7.66. The molecule has 30 heavy (non-hydrogen) atoms. The fourth-order valence-corrected chi connectivity index (χ4v) is 3.91. The zero-order valence-corrected chi connectivity index (χ0v) is 17.0. The molecule has 6 heteroatoms. The summed E-state index contributed by atoms with van der Waals surface area (Å²) in [5, 5.41) is 0. The van der Waals surface area contributed by atoms with Gasteiger partial charge in [-0.25, -0.2) is 0 Å². The molecule has 0 aromatic heterocycles. The Morgan fingerprint density at radius 1 is 1.07 bits per heavy atom. The maximum atomic E-state index is 11.1. The minimum absolute atomic E-state index is 0.263. The van der Waals surface area contributed by atoms with Gasteiger partial charge in [-0.2, -0.15) is 5.90 Å². The fraction of sp³-hybridized carbons (Fsp3) is 0.375. The first-order valence-corrected chi connectivity index (χ1v) is 10.3. The third kappa shape index (κ3) is 5.08. The van der Waals surface area contributed by atoms with E-state index in [2.05, 4.69) is 35.2 Å². The largest absolute Gasteiger partial charge is 0.489 e. The van der Waals surface area contributed by atoms with Gasteiger partial charge < -0.3 is 19.0 Å². The Morgan fingerprint density at radius 3 is 2.57 bits per heavy atom. The van der Waals surface area contributed by atoms with Gasteiger partial charge in [0, 0.05) is 12.8 Å². The lowest BCUT2D eigenvalue weighted by molar-refractivity contribution is -0.159. The SMILES string of the molecule is NOC(=O)CCc1ccc(OCc2cccc(C3=CCC4(CC3)OCCO4)c2)cc1. The van der Waals surface area contributed by atoms with Crippen molar-refractivity contribution in [2.45, 2.75) is 44.5 Å². The molecule has 6 nitrogen and oxygen atoms in total. The number of nitrogens with two attached hydrogens (primary N) is 1. The summed E-state index contributed by atoms with van der Waals surface area (Å²) in [6, 6.07) is 16.2. The van der Waals surface area contributed by atoms with E-state index in [1.165, 1.54) is 11.1 Å². The van der Waals surface area contributed by atoms with Crippen molar-refractivity contribution in [1.29, 1.82) is 0 Å². The average molecular weight is 409 g/mol. The minimum Gasteiger partial charge on any atom is -0.489 e. The molecule has 0 saturated carbocycles. The zero-order valence-electron chi connectivity index (χ0n) is 17.0. The van der Waals surface area contributed by atoms with Crippen LogP contribution in [0.25, 0.3) is 5.57 Å². The lowest BCUT2D eigenvalue weighted by atomic mass is 9.89. The number of ether oxygens (including phenoxy) is 3. The van der Waals surface area contributed by atoms with E-state index >= 15 is 0 Å². The molecule has 2 aliphatic rings. The van der Waals surface area contributed by atoms with Crippen LogP contribution in [0.2, 0.25) is 0 Å². The van der Waals surface area contributed by atoms with Gasteiger partial charge in [-0.05, 0) is 53.3 Å². The monoisotopic (exact) mass is 409 g/mol. The molecule has 158 valence electrons. The molecule has 0 unspecified atom stereocenters. The highest BCUT2D eigenvalue weighted by Crippen LogP contribution is 2.38. The maximum absolute atomic E-state index is 11.1. The number of carbonyl (C=O) groups excluding carboxylic acids is 1. The van der Waals surface area contributed by atoms with Crippen LogP contribution in [-0.4, -0.2) is 25.0 Å². The Hall–Kier alpha value is -2.67. The zero-order chi connectivity index (χ0) is 20.8. The van der Waals surface area contributed by atoms with Gasteiger partial charge in [-0.15, -0.1) is 0 Å². The quantitative estimate of drug-likeness (QED) is 0.698. The average Bonchev–Trinajstić information content (AvgIpc) is 3.25. The number of aryl methyl sites for hydroxylation is 1. The Balaban J connectivity index is 1.32. The van der Waals surface area contributed by atoms with Crippen molar-refractivity contribution in [2.24, 2.45) is 5.90 Å². The number of benzene rings is 2. The van der Waals surface area contributed by atoms with Crippen LogP contribution < -0.4 is 10.6 Å². The third-order valence-electron chi connectivity index (χ3n) is 5.62. The molecule has 1 aliphatic carbocycles. The van der Waals surface area contributed by atoms with Crippen LogP contribution >= 0.6 is 0 Å². The summed E-state index contributed by atoms with van der Waals surface area (Å²) in [5.74, 6) is 4.84. The number of carbonyl (C=O) groups is 1. The van der Waals surface area contributed by atoms with Gasteiger partial charge in [-0.1, -0.05) is 36.4 Å². The van der Waals surface area contributed by atoms with Gasteiger partial charge in [-0.3, -0.25) is 4.79 Å². The fourth-order valence-electron chi connectivity index (χ4n) is 3.91. The molecule has 2 N–H and O–H groups in total. The first-order chi connectivity index (χ1) is 14.7. The molecule has 1 aliphatic heterocycles. The smallest absolute Gasteiger partial charge is 0.324 e. The summed E-state index contributed by atoms with van der Waals surface area (Å²) >= 11 is 0. The predicted octanol–water partition coefficient (Wildman–Crippen LogP) is 3.93. The lowest BCUT2D eigenvalue weighted by Gasteiger charge is -2.30. The van der Waals surface area contributed by atoms with Gasteiger partial charge in [0.2, 0.25) is 0 Å². The molecule has 0 atom stereocenters. The molecule has 2 aromatic rings. The van der Waals surface area contributed by atoms with E-state index in [4.69, 9.17) is 20.1 Å². The van der Waals surface area contributed by atoms with E-state index in [1.54, 1.807) is 0 Å². The second kappa shape index (κ2) is 9.43. The standard InChI is InChI=1S/C24H27NO5/c25-30-23(26)9-6-18-4-7-22(8-5-18)27-17-19-2-1-3-21(16-19)20-10-12-24(13-11-20)28-14-15-29-24/h1-5,7-8,10,16H,6,9,11-15,17,25H2. The van der Waals surface area contributed by atoms with Crippen LogP contribution in [0, 0.1) is 0 Å². The Kier molecular flexibility index (Phi) is 6.47.